The zero-order valence-electron chi connectivity index (χ0n) is 23.1. The molecule has 1 aliphatic heterocycles. The summed E-state index contributed by atoms with van der Waals surface area (Å²) in [5.74, 6) is -0.112. The minimum absolute atomic E-state index is 0.0827. The molecule has 0 radical (unpaired) electrons. The quantitative estimate of drug-likeness (QED) is 0.0885. The van der Waals surface area contributed by atoms with Gasteiger partial charge >= 0.3 is 29.2 Å². The number of nitro benzene ring substituents is 1. The molecular formula is C21H31N4O16P3. The van der Waals surface area contributed by atoms with E-state index in [-0.39, 0.29) is 36.0 Å². The highest BCUT2D eigenvalue weighted by Gasteiger charge is 2.43. The molecule has 2 aromatic rings. The predicted octanol–water partition coefficient (Wildman–Crippen LogP) is 2.03. The Labute approximate surface area is 248 Å². The van der Waals surface area contributed by atoms with Crippen LogP contribution in [0.3, 0.4) is 0 Å². The lowest BCUT2D eigenvalue weighted by Crippen LogP contribution is -2.29. The van der Waals surface area contributed by atoms with Gasteiger partial charge in [0.25, 0.3) is 5.69 Å². The van der Waals surface area contributed by atoms with Gasteiger partial charge in [0.1, 0.15) is 18.1 Å². The Morgan fingerprint density at radius 2 is 1.82 bits per heavy atom. The van der Waals surface area contributed by atoms with Crippen molar-refractivity contribution in [1.82, 2.24) is 9.55 Å². The number of anilines is 1. The van der Waals surface area contributed by atoms with E-state index in [0.29, 0.717) is 12.0 Å². The largest absolute Gasteiger partial charge is 0.490 e. The second kappa shape index (κ2) is 14.3. The van der Waals surface area contributed by atoms with Crippen LogP contribution in [0.1, 0.15) is 50.1 Å². The van der Waals surface area contributed by atoms with Crippen molar-refractivity contribution >= 4 is 35.0 Å². The molecular weight excluding hydrogens is 657 g/mol. The van der Waals surface area contributed by atoms with Crippen LogP contribution in [0.25, 0.3) is 0 Å². The predicted molar refractivity (Wildman–Crippen MR) is 147 cm³/mol. The highest BCUT2D eigenvalue weighted by Crippen LogP contribution is 2.66. The van der Waals surface area contributed by atoms with Crippen LogP contribution in [-0.4, -0.2) is 58.0 Å². The molecule has 0 saturated carbocycles. The van der Waals surface area contributed by atoms with Gasteiger partial charge in [0, 0.05) is 24.2 Å². The van der Waals surface area contributed by atoms with Crippen molar-refractivity contribution in [3.8, 4) is 0 Å². The Hall–Kier alpha value is -2.41. The SMILES string of the molecule is CC(C)C[C@@H](OCc1cn([C@H]2C[C@@H](O)[C@@H](COP(=O)(O)OP(=O)(O)OP(=O)(O)O)O2)c(=O)nc1N)c1ccccc1[N+](=O)[O-]. The van der Waals surface area contributed by atoms with Crippen LogP contribution in [0.2, 0.25) is 0 Å². The number of nitrogens with two attached hydrogens (primary N) is 1. The van der Waals surface area contributed by atoms with E-state index in [9.17, 15) is 43.5 Å². The van der Waals surface area contributed by atoms with Crippen molar-refractivity contribution in [3.63, 3.8) is 0 Å². The first kappa shape index (κ1) is 36.1. The van der Waals surface area contributed by atoms with Crippen LogP contribution in [-0.2, 0) is 42.9 Å². The average Bonchev–Trinajstić information content (AvgIpc) is 3.23. The van der Waals surface area contributed by atoms with Crippen molar-refractivity contribution in [2.45, 2.75) is 57.8 Å². The average molecular weight is 688 g/mol. The maximum Gasteiger partial charge on any atom is 0.490 e. The van der Waals surface area contributed by atoms with Crippen molar-refractivity contribution in [3.05, 3.63) is 62.2 Å². The number of hydrogen-bond donors (Lipinski definition) is 6. The third kappa shape index (κ3) is 10.3. The Morgan fingerprint density at radius 1 is 1.16 bits per heavy atom. The molecule has 1 aromatic heterocycles. The third-order valence-electron chi connectivity index (χ3n) is 6.00. The molecule has 44 heavy (non-hydrogen) atoms. The molecule has 1 fully saturated rings. The standard InChI is InChI=1S/C21H31N4O16P3/c1-12(2)7-17(14-5-3-4-6-15(14)25(28)29)37-10-13-9-24(21(27)23-20(13)22)19-8-16(26)18(39-19)11-38-43(33,34)41-44(35,36)40-42(30,31)32/h3-6,9,12,16-19,26H,7-8,10-11H2,1-2H3,(H,33,34)(H,35,36)(H2,22,23,27)(H2,30,31,32)/t16-,17-,18-,19-/m1/s1. The minimum Gasteiger partial charge on any atom is -0.390 e. The molecule has 1 aliphatic rings. The van der Waals surface area contributed by atoms with E-state index in [4.69, 9.17) is 25.0 Å². The summed E-state index contributed by atoms with van der Waals surface area (Å²) < 4.78 is 58.5. The van der Waals surface area contributed by atoms with Crippen molar-refractivity contribution in [2.75, 3.05) is 12.3 Å². The zero-order valence-corrected chi connectivity index (χ0v) is 25.8. The smallest absolute Gasteiger partial charge is 0.390 e. The first-order valence-corrected chi connectivity index (χ1v) is 17.1. The summed E-state index contributed by atoms with van der Waals surface area (Å²) in [6.45, 7) is 2.64. The fraction of sp³-hybridized carbons (Fsp3) is 0.524. The lowest BCUT2D eigenvalue weighted by Gasteiger charge is -2.22. The number of aromatic nitrogens is 2. The molecule has 246 valence electrons. The number of phosphoric ester groups is 1. The number of aliphatic hydroxyl groups excluding tert-OH is 1. The number of para-hydroxylation sites is 1. The summed E-state index contributed by atoms with van der Waals surface area (Å²) in [7, 11) is -16.8. The van der Waals surface area contributed by atoms with Gasteiger partial charge in [0.2, 0.25) is 0 Å². The second-order valence-corrected chi connectivity index (χ2v) is 14.3. The maximum absolute atomic E-state index is 12.6. The number of hydrogen-bond acceptors (Lipinski definition) is 14. The molecule has 23 heteroatoms. The van der Waals surface area contributed by atoms with Gasteiger partial charge in [-0.05, 0) is 18.4 Å². The Morgan fingerprint density at radius 3 is 2.43 bits per heavy atom. The van der Waals surface area contributed by atoms with Gasteiger partial charge in [-0.1, -0.05) is 26.0 Å². The fourth-order valence-electron chi connectivity index (χ4n) is 4.18. The molecule has 0 amide bonds. The van der Waals surface area contributed by atoms with Crippen molar-refractivity contribution in [2.24, 2.45) is 5.92 Å². The second-order valence-electron chi connectivity index (χ2n) is 9.91. The van der Waals surface area contributed by atoms with Gasteiger partial charge in [0.15, 0.2) is 0 Å². The molecule has 6 atom stereocenters. The first-order valence-electron chi connectivity index (χ1n) is 12.6. The van der Waals surface area contributed by atoms with Gasteiger partial charge in [-0.25, -0.2) is 18.5 Å². The van der Waals surface area contributed by atoms with Crippen molar-refractivity contribution < 1.29 is 65.9 Å². The van der Waals surface area contributed by atoms with E-state index < -0.39 is 65.2 Å². The van der Waals surface area contributed by atoms with Crippen LogP contribution in [0, 0.1) is 16.0 Å². The Kier molecular flexibility index (Phi) is 11.8. The van der Waals surface area contributed by atoms with Gasteiger partial charge in [-0.3, -0.25) is 19.2 Å². The van der Waals surface area contributed by atoms with E-state index in [1.54, 1.807) is 12.1 Å². The minimum atomic E-state index is -5.75. The summed E-state index contributed by atoms with van der Waals surface area (Å²) in [5, 5.41) is 22.0. The first-order chi connectivity index (χ1) is 20.3. The van der Waals surface area contributed by atoms with Gasteiger partial charge in [0.05, 0.1) is 35.9 Å². The molecule has 2 heterocycles. The molecule has 0 spiro atoms. The van der Waals surface area contributed by atoms with Gasteiger partial charge in [-0.15, -0.1) is 0 Å². The van der Waals surface area contributed by atoms with E-state index >= 15 is 0 Å². The summed E-state index contributed by atoms with van der Waals surface area (Å²) >= 11 is 0. The number of aliphatic hydroxyl groups is 1. The Balaban J connectivity index is 1.73. The molecule has 1 saturated heterocycles. The number of ether oxygens (including phenoxy) is 2. The summed E-state index contributed by atoms with van der Waals surface area (Å²) in [6.07, 6.45) is -3.34. The molecule has 0 bridgehead atoms. The summed E-state index contributed by atoms with van der Waals surface area (Å²) in [5.41, 5.74) is 5.45. The number of nitro groups is 1. The number of rotatable bonds is 15. The zero-order chi connectivity index (χ0) is 33.0. The third-order valence-corrected chi connectivity index (χ3v) is 9.80. The Bertz CT molecular complexity index is 1550. The van der Waals surface area contributed by atoms with E-state index in [2.05, 4.69) is 18.1 Å². The van der Waals surface area contributed by atoms with Gasteiger partial charge in [-0.2, -0.15) is 13.6 Å². The molecule has 3 rings (SSSR count). The molecule has 2 unspecified atom stereocenters. The summed E-state index contributed by atoms with van der Waals surface area (Å²) in [6, 6.07) is 6.09. The molecule has 7 N–H and O–H groups in total. The van der Waals surface area contributed by atoms with Crippen molar-refractivity contribution in [1.29, 1.82) is 0 Å². The molecule has 20 nitrogen and oxygen atoms in total. The topological polar surface area (TPSA) is 303 Å². The monoisotopic (exact) mass is 688 g/mol. The highest BCUT2D eigenvalue weighted by atomic mass is 31.3. The van der Waals surface area contributed by atoms with E-state index in [1.165, 1.54) is 18.3 Å². The van der Waals surface area contributed by atoms with Crippen LogP contribution >= 0.6 is 23.5 Å². The van der Waals surface area contributed by atoms with Crippen LogP contribution in [0.4, 0.5) is 11.5 Å². The molecule has 0 aliphatic carbocycles. The summed E-state index contributed by atoms with van der Waals surface area (Å²) in [4.78, 5) is 63.5. The highest BCUT2D eigenvalue weighted by molar-refractivity contribution is 7.66. The lowest BCUT2D eigenvalue weighted by atomic mass is 9.98. The normalized spacial score (nSPS) is 22.4. The van der Waals surface area contributed by atoms with Crippen LogP contribution < -0.4 is 11.4 Å². The van der Waals surface area contributed by atoms with E-state index in [1.807, 2.05) is 13.8 Å². The fourth-order valence-corrected chi connectivity index (χ4v) is 7.21. The maximum atomic E-state index is 12.6. The lowest BCUT2D eigenvalue weighted by molar-refractivity contribution is -0.386. The number of phosphoric acid groups is 3. The number of nitrogens with zero attached hydrogens (tertiary/aromatic N) is 3. The molecule has 1 aromatic carbocycles. The van der Waals surface area contributed by atoms with Crippen LogP contribution in [0.15, 0.2) is 35.3 Å². The van der Waals surface area contributed by atoms with Crippen LogP contribution in [0.5, 0.6) is 0 Å². The van der Waals surface area contributed by atoms with Gasteiger partial charge < -0.3 is 39.9 Å². The number of benzene rings is 1. The van der Waals surface area contributed by atoms with E-state index in [0.717, 1.165) is 4.57 Å². The number of nitrogen functional groups attached to an aromatic ring is 1.